The molecule has 210 valence electrons. The Bertz CT molecular complexity index is 1080. The van der Waals surface area contributed by atoms with Gasteiger partial charge in [0, 0.05) is 0 Å². The van der Waals surface area contributed by atoms with Gasteiger partial charge in [0.15, 0.2) is 35.7 Å². The van der Waals surface area contributed by atoms with E-state index in [1.54, 1.807) is 20.8 Å². The largest absolute Gasteiger partial charge is 0.482 e. The SMILES string of the molecule is CC(=O)C(C)Oc1ccccc1I.CC(=O)[C@@H](C)Oc1ccccc1I.CC(=O)[C@H](C)Oc1ccccc1I. The Morgan fingerprint density at radius 2 is 0.692 bits per heavy atom. The second kappa shape index (κ2) is 18.6. The van der Waals surface area contributed by atoms with Crippen LogP contribution >= 0.6 is 67.8 Å². The van der Waals surface area contributed by atoms with Gasteiger partial charge in [0.25, 0.3) is 0 Å². The first-order valence-corrected chi connectivity index (χ1v) is 15.3. The molecule has 0 saturated heterocycles. The Labute approximate surface area is 272 Å². The normalized spacial score (nSPS) is 12.2. The molecule has 0 aliphatic rings. The molecule has 0 spiro atoms. The van der Waals surface area contributed by atoms with Crippen LogP contribution < -0.4 is 14.2 Å². The standard InChI is InChI=1S/3C10H11IO2/c3*1-7(12)8(2)13-10-6-4-3-5-9(10)11/h3*3-6,8H,1-2H3/t2*8-;/m10./s1. The van der Waals surface area contributed by atoms with E-state index >= 15 is 0 Å². The lowest BCUT2D eigenvalue weighted by molar-refractivity contribution is -0.123. The van der Waals surface area contributed by atoms with Crippen molar-refractivity contribution in [3.8, 4) is 17.2 Å². The van der Waals surface area contributed by atoms with Crippen LogP contribution in [0.4, 0.5) is 0 Å². The van der Waals surface area contributed by atoms with Gasteiger partial charge in [0.2, 0.25) is 0 Å². The third-order valence-corrected chi connectivity index (χ3v) is 7.81. The average molecular weight is 870 g/mol. The molecule has 39 heavy (non-hydrogen) atoms. The summed E-state index contributed by atoms with van der Waals surface area (Å²) in [7, 11) is 0. The van der Waals surface area contributed by atoms with Crippen molar-refractivity contribution >= 4 is 85.1 Å². The number of Topliss-reactive ketones (excluding diaryl/α,β-unsaturated/α-hetero) is 3. The van der Waals surface area contributed by atoms with Crippen molar-refractivity contribution in [2.75, 3.05) is 0 Å². The summed E-state index contributed by atoms with van der Waals surface area (Å²) in [5, 5.41) is 0. The molecule has 3 aromatic carbocycles. The van der Waals surface area contributed by atoms with Crippen LogP contribution in [0.15, 0.2) is 72.8 Å². The van der Waals surface area contributed by atoms with Gasteiger partial charge in [-0.2, -0.15) is 0 Å². The van der Waals surface area contributed by atoms with Gasteiger partial charge in [0.1, 0.15) is 17.2 Å². The fourth-order valence-corrected chi connectivity index (χ4v) is 3.98. The zero-order valence-corrected chi connectivity index (χ0v) is 29.2. The second-order valence-corrected chi connectivity index (χ2v) is 11.9. The number of carbonyl (C=O) groups excluding carboxylic acids is 3. The molecule has 0 saturated carbocycles. The van der Waals surface area contributed by atoms with E-state index < -0.39 is 0 Å². The predicted molar refractivity (Wildman–Crippen MR) is 180 cm³/mol. The summed E-state index contributed by atoms with van der Waals surface area (Å²) >= 11 is 6.54. The lowest BCUT2D eigenvalue weighted by atomic mass is 10.3. The van der Waals surface area contributed by atoms with Crippen LogP contribution in [-0.2, 0) is 14.4 Å². The van der Waals surface area contributed by atoms with Crippen molar-refractivity contribution in [3.05, 3.63) is 83.5 Å². The minimum Gasteiger partial charge on any atom is -0.482 e. The fourth-order valence-electron chi connectivity index (χ4n) is 2.44. The predicted octanol–water partition coefficient (Wildman–Crippen LogP) is 7.94. The van der Waals surface area contributed by atoms with Crippen LogP contribution in [0.3, 0.4) is 0 Å². The summed E-state index contributed by atoms with van der Waals surface area (Å²) in [4.78, 5) is 32.8. The topological polar surface area (TPSA) is 78.9 Å². The minimum absolute atomic E-state index is 0.0413. The highest BCUT2D eigenvalue weighted by molar-refractivity contribution is 14.1. The van der Waals surface area contributed by atoms with Gasteiger partial charge in [-0.15, -0.1) is 0 Å². The number of rotatable bonds is 9. The maximum absolute atomic E-state index is 10.9. The Morgan fingerprint density at radius 1 is 0.487 bits per heavy atom. The molecule has 0 heterocycles. The zero-order valence-electron chi connectivity index (χ0n) is 22.7. The molecule has 3 aromatic rings. The molecule has 6 nitrogen and oxygen atoms in total. The molecular weight excluding hydrogens is 837 g/mol. The van der Waals surface area contributed by atoms with E-state index in [-0.39, 0.29) is 35.7 Å². The molecule has 0 amide bonds. The first-order chi connectivity index (χ1) is 18.3. The molecule has 0 bridgehead atoms. The number of carbonyl (C=O) groups is 3. The lowest BCUT2D eigenvalue weighted by Gasteiger charge is -2.12. The first kappa shape index (κ1) is 35.3. The molecule has 0 N–H and O–H groups in total. The van der Waals surface area contributed by atoms with Crippen molar-refractivity contribution < 1.29 is 28.6 Å². The molecule has 3 rings (SSSR count). The smallest absolute Gasteiger partial charge is 0.169 e. The lowest BCUT2D eigenvalue weighted by Crippen LogP contribution is -2.20. The Morgan fingerprint density at radius 3 is 0.872 bits per heavy atom. The van der Waals surface area contributed by atoms with Gasteiger partial charge < -0.3 is 14.2 Å². The Kier molecular flexibility index (Phi) is 16.8. The van der Waals surface area contributed by atoms with Crippen LogP contribution in [0.1, 0.15) is 41.5 Å². The highest BCUT2D eigenvalue weighted by atomic mass is 127. The van der Waals surface area contributed by atoms with E-state index in [1.165, 1.54) is 20.8 Å². The van der Waals surface area contributed by atoms with E-state index in [0.717, 1.165) is 28.0 Å². The number of hydrogen-bond donors (Lipinski definition) is 0. The molecular formula is C30H33I3O6. The van der Waals surface area contributed by atoms with Crippen molar-refractivity contribution in [1.82, 2.24) is 0 Å². The van der Waals surface area contributed by atoms with E-state index in [4.69, 9.17) is 14.2 Å². The highest BCUT2D eigenvalue weighted by Crippen LogP contribution is 2.22. The Balaban J connectivity index is 0.000000292. The van der Waals surface area contributed by atoms with E-state index in [9.17, 15) is 14.4 Å². The Hall–Kier alpha value is -1.74. The van der Waals surface area contributed by atoms with Gasteiger partial charge in [-0.05, 0) is 146 Å². The number of benzene rings is 3. The molecule has 3 atom stereocenters. The van der Waals surface area contributed by atoms with Crippen molar-refractivity contribution in [3.63, 3.8) is 0 Å². The van der Waals surface area contributed by atoms with Gasteiger partial charge in [-0.3, -0.25) is 14.4 Å². The third-order valence-electron chi connectivity index (χ3n) is 5.14. The maximum Gasteiger partial charge on any atom is 0.169 e. The number of ketones is 3. The van der Waals surface area contributed by atoms with Crippen molar-refractivity contribution in [2.24, 2.45) is 0 Å². The molecule has 0 aliphatic heterocycles. The van der Waals surface area contributed by atoms with Crippen LogP contribution in [0.2, 0.25) is 0 Å². The van der Waals surface area contributed by atoms with Crippen LogP contribution in [-0.4, -0.2) is 35.7 Å². The number of para-hydroxylation sites is 3. The van der Waals surface area contributed by atoms with Crippen LogP contribution in [0, 0.1) is 10.7 Å². The summed E-state index contributed by atoms with van der Waals surface area (Å²) in [5.74, 6) is 2.43. The zero-order chi connectivity index (χ0) is 29.5. The fraction of sp³-hybridized carbons (Fsp3) is 0.300. The average Bonchev–Trinajstić information content (AvgIpc) is 2.88. The van der Waals surface area contributed by atoms with Gasteiger partial charge >= 0.3 is 0 Å². The number of hydrogen-bond acceptors (Lipinski definition) is 6. The summed E-state index contributed by atoms with van der Waals surface area (Å²) in [6.45, 7) is 9.85. The maximum atomic E-state index is 10.9. The molecule has 9 heteroatoms. The second-order valence-electron chi connectivity index (χ2n) is 8.40. The van der Waals surface area contributed by atoms with E-state index in [0.29, 0.717) is 0 Å². The van der Waals surface area contributed by atoms with Crippen LogP contribution in [0.25, 0.3) is 0 Å². The quantitative estimate of drug-likeness (QED) is 0.204. The molecule has 0 fully saturated rings. The van der Waals surface area contributed by atoms with E-state index in [2.05, 4.69) is 67.8 Å². The molecule has 0 aromatic heterocycles. The monoisotopic (exact) mass is 870 g/mol. The van der Waals surface area contributed by atoms with Crippen LogP contribution in [0.5, 0.6) is 17.2 Å². The first-order valence-electron chi connectivity index (χ1n) is 12.1. The summed E-state index contributed by atoms with van der Waals surface area (Å²) < 4.78 is 19.4. The van der Waals surface area contributed by atoms with Gasteiger partial charge in [0.05, 0.1) is 10.7 Å². The van der Waals surface area contributed by atoms with E-state index in [1.807, 2.05) is 72.8 Å². The number of ether oxygens (including phenoxy) is 3. The summed E-state index contributed by atoms with van der Waals surface area (Å²) in [6.07, 6.45) is -1.09. The third kappa shape index (κ3) is 13.9. The van der Waals surface area contributed by atoms with Gasteiger partial charge in [-0.1, -0.05) is 36.4 Å². The number of halogens is 3. The molecule has 0 aliphatic carbocycles. The molecule has 0 radical (unpaired) electrons. The summed E-state index contributed by atoms with van der Waals surface area (Å²) in [5.41, 5.74) is 0. The molecule has 1 unspecified atom stereocenters. The summed E-state index contributed by atoms with van der Waals surface area (Å²) in [6, 6.07) is 22.9. The van der Waals surface area contributed by atoms with Crippen molar-refractivity contribution in [1.29, 1.82) is 0 Å². The minimum atomic E-state index is -0.365. The highest BCUT2D eigenvalue weighted by Gasteiger charge is 2.12. The van der Waals surface area contributed by atoms with Crippen molar-refractivity contribution in [2.45, 2.75) is 59.9 Å². The van der Waals surface area contributed by atoms with Gasteiger partial charge in [-0.25, -0.2) is 0 Å².